The van der Waals surface area contributed by atoms with Gasteiger partial charge in [0.05, 0.1) is 5.69 Å². The highest BCUT2D eigenvalue weighted by Gasteiger charge is 2.06. The molecule has 0 aliphatic heterocycles. The van der Waals surface area contributed by atoms with Crippen molar-refractivity contribution in [2.24, 2.45) is 0 Å². The van der Waals surface area contributed by atoms with Crippen LogP contribution >= 0.6 is 0 Å². The Labute approximate surface area is 113 Å². The molecule has 4 nitrogen and oxygen atoms in total. The summed E-state index contributed by atoms with van der Waals surface area (Å²) in [6.07, 6.45) is 0. The molecule has 1 N–H and O–H groups in total. The van der Waals surface area contributed by atoms with Crippen molar-refractivity contribution in [3.05, 3.63) is 46.2 Å². The fourth-order valence-corrected chi connectivity index (χ4v) is 2.21. The van der Waals surface area contributed by atoms with Crippen LogP contribution in [0.4, 0.5) is 5.69 Å². The van der Waals surface area contributed by atoms with Crippen molar-refractivity contribution in [2.75, 3.05) is 18.0 Å². The number of anilines is 1. The predicted molar refractivity (Wildman–Crippen MR) is 78.6 cm³/mol. The van der Waals surface area contributed by atoms with E-state index in [2.05, 4.69) is 41.1 Å². The molecule has 4 heteroatoms. The molecule has 2 aromatic rings. The Bertz CT molecular complexity index is 598. The lowest BCUT2D eigenvalue weighted by Gasteiger charge is -2.21. The monoisotopic (exact) mass is 257 g/mol. The van der Waals surface area contributed by atoms with Gasteiger partial charge in [0, 0.05) is 30.4 Å². The highest BCUT2D eigenvalue weighted by molar-refractivity contribution is 5.65. The van der Waals surface area contributed by atoms with E-state index in [1.165, 1.54) is 5.69 Å². The van der Waals surface area contributed by atoms with Crippen molar-refractivity contribution >= 4 is 5.69 Å². The van der Waals surface area contributed by atoms with Crippen molar-refractivity contribution < 1.29 is 0 Å². The van der Waals surface area contributed by atoms with Gasteiger partial charge in [0.25, 0.3) is 5.56 Å². The van der Waals surface area contributed by atoms with Crippen LogP contribution in [0, 0.1) is 6.92 Å². The maximum atomic E-state index is 11.2. The van der Waals surface area contributed by atoms with E-state index < -0.39 is 0 Å². The van der Waals surface area contributed by atoms with Crippen LogP contribution in [0.15, 0.2) is 35.1 Å². The molecule has 0 bridgehead atoms. The fourth-order valence-electron chi connectivity index (χ4n) is 2.21. The zero-order valence-corrected chi connectivity index (χ0v) is 11.6. The summed E-state index contributed by atoms with van der Waals surface area (Å²) in [5.41, 5.74) is 3.77. The summed E-state index contributed by atoms with van der Waals surface area (Å²) in [5.74, 6) is 0. The summed E-state index contributed by atoms with van der Waals surface area (Å²) in [4.78, 5) is 13.5. The Balaban J connectivity index is 2.34. The zero-order valence-electron chi connectivity index (χ0n) is 11.6. The van der Waals surface area contributed by atoms with Crippen molar-refractivity contribution in [1.29, 1.82) is 0 Å². The van der Waals surface area contributed by atoms with Gasteiger partial charge < -0.3 is 4.90 Å². The Morgan fingerprint density at radius 3 is 2.32 bits per heavy atom. The fraction of sp³-hybridized carbons (Fsp3) is 0.333. The molecular weight excluding hydrogens is 238 g/mol. The normalized spacial score (nSPS) is 10.5. The average molecular weight is 257 g/mol. The number of hydrogen-bond donors (Lipinski definition) is 1. The first-order valence-electron chi connectivity index (χ1n) is 6.57. The Morgan fingerprint density at radius 1 is 1.16 bits per heavy atom. The number of nitrogens with zero attached hydrogens (tertiary/aromatic N) is 2. The molecule has 0 saturated carbocycles. The van der Waals surface area contributed by atoms with Crippen LogP contribution in [0.3, 0.4) is 0 Å². The molecule has 1 heterocycles. The van der Waals surface area contributed by atoms with Crippen molar-refractivity contribution in [3.8, 4) is 11.3 Å². The number of aryl methyl sites for hydroxylation is 1. The summed E-state index contributed by atoms with van der Waals surface area (Å²) in [7, 11) is 0. The van der Waals surface area contributed by atoms with E-state index >= 15 is 0 Å². The lowest BCUT2D eigenvalue weighted by atomic mass is 10.1. The van der Waals surface area contributed by atoms with Gasteiger partial charge in [0.1, 0.15) is 0 Å². The lowest BCUT2D eigenvalue weighted by Crippen LogP contribution is -2.21. The zero-order chi connectivity index (χ0) is 13.8. The molecule has 1 aromatic carbocycles. The van der Waals surface area contributed by atoms with E-state index in [1.54, 1.807) is 6.07 Å². The minimum atomic E-state index is -0.166. The van der Waals surface area contributed by atoms with Crippen LogP contribution in [0.2, 0.25) is 0 Å². The first kappa shape index (κ1) is 13.3. The number of aromatic nitrogens is 2. The third-order valence-electron chi connectivity index (χ3n) is 3.27. The van der Waals surface area contributed by atoms with Crippen LogP contribution in [0.1, 0.15) is 19.4 Å². The molecule has 19 heavy (non-hydrogen) atoms. The number of nitrogens with one attached hydrogen (secondary N) is 1. The van der Waals surface area contributed by atoms with Gasteiger partial charge in [-0.15, -0.1) is 0 Å². The van der Waals surface area contributed by atoms with Gasteiger partial charge in [-0.1, -0.05) is 12.1 Å². The molecular formula is C15H19N3O. The smallest absolute Gasteiger partial charge is 0.264 e. The van der Waals surface area contributed by atoms with E-state index in [0.29, 0.717) is 0 Å². The van der Waals surface area contributed by atoms with Crippen molar-refractivity contribution in [2.45, 2.75) is 20.8 Å². The largest absolute Gasteiger partial charge is 0.372 e. The van der Waals surface area contributed by atoms with Gasteiger partial charge in [-0.25, -0.2) is 5.10 Å². The predicted octanol–water partition coefficient (Wildman–Crippen LogP) is 2.59. The Hall–Kier alpha value is -2.10. The summed E-state index contributed by atoms with van der Waals surface area (Å²) < 4.78 is 0. The number of hydrogen-bond acceptors (Lipinski definition) is 3. The number of rotatable bonds is 4. The second kappa shape index (κ2) is 5.69. The van der Waals surface area contributed by atoms with Crippen molar-refractivity contribution in [1.82, 2.24) is 10.2 Å². The SMILES string of the molecule is CCN(CC)c1ccc(-c2n[nH]c(=O)cc2C)cc1. The molecule has 0 aliphatic rings. The second-order valence-electron chi connectivity index (χ2n) is 4.48. The van der Waals surface area contributed by atoms with Crippen LogP contribution < -0.4 is 10.5 Å². The van der Waals surface area contributed by atoms with Gasteiger partial charge in [0.15, 0.2) is 0 Å². The molecule has 0 unspecified atom stereocenters. The first-order valence-corrected chi connectivity index (χ1v) is 6.57. The molecule has 0 radical (unpaired) electrons. The quantitative estimate of drug-likeness (QED) is 0.916. The third kappa shape index (κ3) is 2.84. The molecule has 0 amide bonds. The molecule has 0 aliphatic carbocycles. The third-order valence-corrected chi connectivity index (χ3v) is 3.27. The summed E-state index contributed by atoms with van der Waals surface area (Å²) >= 11 is 0. The minimum absolute atomic E-state index is 0.166. The van der Waals surface area contributed by atoms with Crippen LogP contribution in [-0.2, 0) is 0 Å². The van der Waals surface area contributed by atoms with E-state index in [0.717, 1.165) is 29.9 Å². The topological polar surface area (TPSA) is 49.0 Å². The van der Waals surface area contributed by atoms with Gasteiger partial charge >= 0.3 is 0 Å². The van der Waals surface area contributed by atoms with E-state index in [4.69, 9.17) is 0 Å². The minimum Gasteiger partial charge on any atom is -0.372 e. The van der Waals surface area contributed by atoms with Crippen LogP contribution in [0.5, 0.6) is 0 Å². The molecule has 0 spiro atoms. The molecule has 0 fully saturated rings. The first-order chi connectivity index (χ1) is 9.15. The van der Waals surface area contributed by atoms with Gasteiger partial charge in [-0.2, -0.15) is 5.10 Å². The van der Waals surface area contributed by atoms with Gasteiger partial charge in [0.2, 0.25) is 0 Å². The Morgan fingerprint density at radius 2 is 1.79 bits per heavy atom. The van der Waals surface area contributed by atoms with E-state index in [9.17, 15) is 4.79 Å². The number of benzene rings is 1. The Kier molecular flexibility index (Phi) is 4.00. The van der Waals surface area contributed by atoms with E-state index in [1.807, 2.05) is 19.1 Å². The van der Waals surface area contributed by atoms with Crippen molar-refractivity contribution in [3.63, 3.8) is 0 Å². The maximum absolute atomic E-state index is 11.2. The van der Waals surface area contributed by atoms with E-state index in [-0.39, 0.29) is 5.56 Å². The maximum Gasteiger partial charge on any atom is 0.264 e. The number of H-pyrrole nitrogens is 1. The van der Waals surface area contributed by atoms with Gasteiger partial charge in [-0.05, 0) is 38.5 Å². The summed E-state index contributed by atoms with van der Waals surface area (Å²) in [5, 5.41) is 6.59. The second-order valence-corrected chi connectivity index (χ2v) is 4.48. The molecule has 100 valence electrons. The van der Waals surface area contributed by atoms with Gasteiger partial charge in [-0.3, -0.25) is 4.79 Å². The molecule has 0 atom stereocenters. The summed E-state index contributed by atoms with van der Waals surface area (Å²) in [6.45, 7) is 8.17. The molecule has 2 rings (SSSR count). The standard InChI is InChI=1S/C15H19N3O/c1-4-18(5-2)13-8-6-12(7-9-13)15-11(3)10-14(19)16-17-15/h6-10H,4-5H2,1-3H3,(H,16,19). The highest BCUT2D eigenvalue weighted by atomic mass is 16.1. The molecule has 0 saturated heterocycles. The highest BCUT2D eigenvalue weighted by Crippen LogP contribution is 2.22. The van der Waals surface area contributed by atoms with Crippen LogP contribution in [-0.4, -0.2) is 23.3 Å². The lowest BCUT2D eigenvalue weighted by molar-refractivity contribution is 0.866. The average Bonchev–Trinajstić information content (AvgIpc) is 2.41. The van der Waals surface area contributed by atoms with Crippen LogP contribution in [0.25, 0.3) is 11.3 Å². The summed E-state index contributed by atoms with van der Waals surface area (Å²) in [6, 6.07) is 9.84. The number of aromatic amines is 1. The molecule has 1 aromatic heterocycles.